The lowest BCUT2D eigenvalue weighted by Gasteiger charge is -2.29. The summed E-state index contributed by atoms with van der Waals surface area (Å²) in [6.07, 6.45) is -0.246. The fraction of sp³-hybridized carbons (Fsp3) is 0.200. The number of aromatic hydroxyl groups is 1. The second kappa shape index (κ2) is 4.35. The zero-order valence-electron chi connectivity index (χ0n) is 9.78. The molecule has 1 aliphatic heterocycles. The third-order valence-electron chi connectivity index (χ3n) is 3.23. The Labute approximate surface area is 105 Å². The molecule has 1 aliphatic rings. The molecule has 0 fully saturated rings. The molecule has 2 aromatic carbocycles. The number of hydrogen-bond acceptors (Lipinski definition) is 3. The van der Waals surface area contributed by atoms with Crippen LogP contribution >= 0.6 is 0 Å². The van der Waals surface area contributed by atoms with Gasteiger partial charge in [-0.25, -0.2) is 0 Å². The Balaban J connectivity index is 1.94. The monoisotopic (exact) mass is 242 g/mol. The summed E-state index contributed by atoms with van der Waals surface area (Å²) in [7, 11) is 0. The van der Waals surface area contributed by atoms with Gasteiger partial charge in [0.15, 0.2) is 0 Å². The lowest BCUT2D eigenvalue weighted by Crippen LogP contribution is -2.18. The van der Waals surface area contributed by atoms with Crippen LogP contribution in [0, 0.1) is 0 Å². The highest BCUT2D eigenvalue weighted by Crippen LogP contribution is 2.40. The summed E-state index contributed by atoms with van der Waals surface area (Å²) in [5, 5.41) is 19.6. The van der Waals surface area contributed by atoms with Crippen LogP contribution in [0.25, 0.3) is 0 Å². The molecule has 2 N–H and O–H groups in total. The molecular weight excluding hydrogens is 228 g/mol. The van der Waals surface area contributed by atoms with Gasteiger partial charge in [-0.05, 0) is 23.8 Å². The molecule has 0 saturated carbocycles. The summed E-state index contributed by atoms with van der Waals surface area (Å²) >= 11 is 0. The smallest absolute Gasteiger partial charge is 0.127 e. The minimum atomic E-state index is -0.526. The first-order valence-electron chi connectivity index (χ1n) is 5.96. The van der Waals surface area contributed by atoms with Gasteiger partial charge < -0.3 is 14.9 Å². The van der Waals surface area contributed by atoms with E-state index in [9.17, 15) is 10.2 Å². The topological polar surface area (TPSA) is 49.7 Å². The van der Waals surface area contributed by atoms with Crippen molar-refractivity contribution in [3.05, 3.63) is 59.7 Å². The lowest BCUT2D eigenvalue weighted by atomic mass is 9.95. The van der Waals surface area contributed by atoms with Crippen molar-refractivity contribution in [2.24, 2.45) is 0 Å². The molecule has 1 heterocycles. The molecule has 2 unspecified atom stereocenters. The van der Waals surface area contributed by atoms with E-state index >= 15 is 0 Å². The van der Waals surface area contributed by atoms with Gasteiger partial charge in [-0.15, -0.1) is 0 Å². The Bertz CT molecular complexity index is 565. The van der Waals surface area contributed by atoms with Crippen molar-refractivity contribution in [1.29, 1.82) is 0 Å². The van der Waals surface area contributed by atoms with E-state index in [1.165, 1.54) is 0 Å². The fourth-order valence-electron chi connectivity index (χ4n) is 2.32. The normalized spacial score (nSPS) is 22.1. The second-order valence-corrected chi connectivity index (χ2v) is 4.49. The summed E-state index contributed by atoms with van der Waals surface area (Å²) < 4.78 is 5.87. The minimum absolute atomic E-state index is 0.212. The van der Waals surface area contributed by atoms with Crippen molar-refractivity contribution < 1.29 is 14.9 Å². The fourth-order valence-corrected chi connectivity index (χ4v) is 2.32. The van der Waals surface area contributed by atoms with E-state index in [1.807, 2.05) is 30.3 Å². The molecule has 0 aromatic heterocycles. The third kappa shape index (κ3) is 1.93. The van der Waals surface area contributed by atoms with Crippen LogP contribution in [0.15, 0.2) is 48.5 Å². The number of phenolic OH excluding ortho intramolecular Hbond substituents is 1. The van der Waals surface area contributed by atoms with Crippen molar-refractivity contribution >= 4 is 0 Å². The van der Waals surface area contributed by atoms with Crippen LogP contribution in [0.2, 0.25) is 0 Å². The van der Waals surface area contributed by atoms with E-state index < -0.39 is 6.10 Å². The van der Waals surface area contributed by atoms with Crippen LogP contribution in [0.5, 0.6) is 11.5 Å². The average molecular weight is 242 g/mol. The van der Waals surface area contributed by atoms with Gasteiger partial charge in [0.1, 0.15) is 17.6 Å². The Morgan fingerprint density at radius 1 is 1.06 bits per heavy atom. The summed E-state index contributed by atoms with van der Waals surface area (Å²) in [6, 6.07) is 14.5. The molecule has 0 bridgehead atoms. The van der Waals surface area contributed by atoms with Gasteiger partial charge in [0.25, 0.3) is 0 Å². The molecule has 0 radical (unpaired) electrons. The van der Waals surface area contributed by atoms with Gasteiger partial charge in [0, 0.05) is 12.0 Å². The molecule has 0 amide bonds. The Morgan fingerprint density at radius 2 is 1.89 bits per heavy atom. The number of aliphatic hydroxyl groups is 1. The summed E-state index contributed by atoms with van der Waals surface area (Å²) in [4.78, 5) is 0. The number of rotatable bonds is 1. The average Bonchev–Trinajstić information content (AvgIpc) is 2.39. The first kappa shape index (κ1) is 11.1. The van der Waals surface area contributed by atoms with Gasteiger partial charge in [0.05, 0.1) is 6.10 Å². The highest BCUT2D eigenvalue weighted by Gasteiger charge is 2.27. The van der Waals surface area contributed by atoms with Crippen LogP contribution in [0.3, 0.4) is 0 Å². The molecule has 2 aromatic rings. The maximum absolute atomic E-state index is 10.1. The van der Waals surface area contributed by atoms with E-state index in [0.717, 1.165) is 11.1 Å². The molecule has 2 atom stereocenters. The van der Waals surface area contributed by atoms with E-state index in [4.69, 9.17) is 4.74 Å². The number of phenols is 1. The highest BCUT2D eigenvalue weighted by molar-refractivity contribution is 5.39. The quantitative estimate of drug-likeness (QED) is 0.808. The predicted octanol–water partition coefficient (Wildman–Crippen LogP) is 2.95. The molecule has 18 heavy (non-hydrogen) atoms. The number of fused-ring (bicyclic) bond motifs is 1. The standard InChI is InChI=1S/C15H14O3/c16-11-5-3-4-10(8-11)15-9-13(17)12-6-1-2-7-14(12)18-15/h1-8,13,15-17H,9H2. The van der Waals surface area contributed by atoms with Crippen molar-refractivity contribution in [3.8, 4) is 11.5 Å². The van der Waals surface area contributed by atoms with E-state index in [0.29, 0.717) is 12.2 Å². The summed E-state index contributed by atoms with van der Waals surface area (Å²) in [6.45, 7) is 0. The van der Waals surface area contributed by atoms with Crippen LogP contribution < -0.4 is 4.74 Å². The maximum Gasteiger partial charge on any atom is 0.127 e. The van der Waals surface area contributed by atoms with Gasteiger partial charge in [-0.1, -0.05) is 30.3 Å². The van der Waals surface area contributed by atoms with Gasteiger partial charge >= 0.3 is 0 Å². The minimum Gasteiger partial charge on any atom is -0.508 e. The van der Waals surface area contributed by atoms with Gasteiger partial charge in [-0.3, -0.25) is 0 Å². The molecule has 92 valence electrons. The predicted molar refractivity (Wildman–Crippen MR) is 67.5 cm³/mol. The van der Waals surface area contributed by atoms with Crippen molar-refractivity contribution in [3.63, 3.8) is 0 Å². The molecular formula is C15H14O3. The summed E-state index contributed by atoms with van der Waals surface area (Å²) in [5.74, 6) is 0.925. The zero-order chi connectivity index (χ0) is 12.5. The summed E-state index contributed by atoms with van der Waals surface area (Å²) in [5.41, 5.74) is 1.71. The first-order valence-corrected chi connectivity index (χ1v) is 5.96. The Kier molecular flexibility index (Phi) is 2.68. The molecule has 3 rings (SSSR count). The van der Waals surface area contributed by atoms with Crippen LogP contribution in [0.4, 0.5) is 0 Å². The number of aliphatic hydroxyl groups excluding tert-OH is 1. The Morgan fingerprint density at radius 3 is 2.72 bits per heavy atom. The number of para-hydroxylation sites is 1. The largest absolute Gasteiger partial charge is 0.508 e. The molecule has 3 nitrogen and oxygen atoms in total. The highest BCUT2D eigenvalue weighted by atomic mass is 16.5. The number of benzene rings is 2. The van der Waals surface area contributed by atoms with Crippen LogP contribution in [-0.2, 0) is 0 Å². The van der Waals surface area contributed by atoms with Gasteiger partial charge in [0.2, 0.25) is 0 Å². The lowest BCUT2D eigenvalue weighted by molar-refractivity contribution is 0.0656. The third-order valence-corrected chi connectivity index (χ3v) is 3.23. The van der Waals surface area contributed by atoms with Crippen molar-refractivity contribution in [2.45, 2.75) is 18.6 Å². The number of ether oxygens (including phenoxy) is 1. The van der Waals surface area contributed by atoms with E-state index in [-0.39, 0.29) is 11.9 Å². The van der Waals surface area contributed by atoms with E-state index in [2.05, 4.69) is 0 Å². The molecule has 0 aliphatic carbocycles. The SMILES string of the molecule is Oc1cccc(C2CC(O)c3ccccc3O2)c1. The van der Waals surface area contributed by atoms with Crippen molar-refractivity contribution in [1.82, 2.24) is 0 Å². The zero-order valence-corrected chi connectivity index (χ0v) is 9.78. The second-order valence-electron chi connectivity index (χ2n) is 4.49. The van der Waals surface area contributed by atoms with Crippen LogP contribution in [-0.4, -0.2) is 10.2 Å². The molecule has 0 saturated heterocycles. The molecule has 0 spiro atoms. The van der Waals surface area contributed by atoms with Crippen LogP contribution in [0.1, 0.15) is 29.8 Å². The Hall–Kier alpha value is -2.00. The van der Waals surface area contributed by atoms with E-state index in [1.54, 1.807) is 18.2 Å². The maximum atomic E-state index is 10.1. The molecule has 3 heteroatoms. The number of hydrogen-bond donors (Lipinski definition) is 2. The van der Waals surface area contributed by atoms with Crippen molar-refractivity contribution in [2.75, 3.05) is 0 Å². The van der Waals surface area contributed by atoms with Gasteiger partial charge in [-0.2, -0.15) is 0 Å². The first-order chi connectivity index (χ1) is 8.74.